The molecule has 0 bridgehead atoms. The first-order valence-corrected chi connectivity index (χ1v) is 7.02. The van der Waals surface area contributed by atoms with Crippen LogP contribution in [0, 0.1) is 11.6 Å². The molecule has 0 amide bonds. The highest BCUT2D eigenvalue weighted by atomic mass is 32.2. The van der Waals surface area contributed by atoms with Crippen molar-refractivity contribution >= 4 is 10.0 Å². The van der Waals surface area contributed by atoms with E-state index in [9.17, 15) is 17.2 Å². The second-order valence-corrected chi connectivity index (χ2v) is 5.71. The lowest BCUT2D eigenvalue weighted by Crippen LogP contribution is -2.33. The molecule has 0 fully saturated rings. The van der Waals surface area contributed by atoms with Crippen molar-refractivity contribution in [3.05, 3.63) is 29.8 Å². The molecule has 18 heavy (non-hydrogen) atoms. The van der Waals surface area contributed by atoms with Gasteiger partial charge < -0.3 is 5.73 Å². The van der Waals surface area contributed by atoms with Crippen LogP contribution >= 0.6 is 0 Å². The van der Waals surface area contributed by atoms with E-state index in [0.717, 1.165) is 12.1 Å². The summed E-state index contributed by atoms with van der Waals surface area (Å²) in [6.45, 7) is 2.09. The standard InChI is InChI=1S/C11H16F2N2O2S/c1-8(3-2-6-14)15-18(16,17)11-7-9(12)4-5-10(11)13/h4-5,7-8,15H,2-3,6,14H2,1H3. The Hall–Kier alpha value is -1.05. The lowest BCUT2D eigenvalue weighted by atomic mass is 10.2. The van der Waals surface area contributed by atoms with Crippen LogP contribution in [0.3, 0.4) is 0 Å². The van der Waals surface area contributed by atoms with Crippen molar-refractivity contribution in [2.24, 2.45) is 5.73 Å². The quantitative estimate of drug-likeness (QED) is 0.825. The molecule has 0 saturated carbocycles. The highest BCUT2D eigenvalue weighted by molar-refractivity contribution is 7.89. The molecule has 0 saturated heterocycles. The largest absolute Gasteiger partial charge is 0.330 e. The predicted molar refractivity (Wildman–Crippen MR) is 64.4 cm³/mol. The summed E-state index contributed by atoms with van der Waals surface area (Å²) in [7, 11) is -4.05. The SMILES string of the molecule is CC(CCCN)NS(=O)(=O)c1cc(F)ccc1F. The number of benzene rings is 1. The van der Waals surface area contributed by atoms with Gasteiger partial charge in [0.05, 0.1) is 0 Å². The second-order valence-electron chi connectivity index (χ2n) is 4.03. The first kappa shape index (κ1) is 15.0. The molecule has 1 unspecified atom stereocenters. The van der Waals surface area contributed by atoms with Gasteiger partial charge in [0, 0.05) is 6.04 Å². The normalized spacial score (nSPS) is 13.6. The molecular formula is C11H16F2N2O2S. The summed E-state index contributed by atoms with van der Waals surface area (Å²) in [5.74, 6) is -1.78. The molecule has 0 heterocycles. The van der Waals surface area contributed by atoms with Gasteiger partial charge in [0.25, 0.3) is 0 Å². The number of halogens is 2. The molecule has 0 aliphatic rings. The lowest BCUT2D eigenvalue weighted by molar-refractivity contribution is 0.522. The Morgan fingerprint density at radius 1 is 1.39 bits per heavy atom. The summed E-state index contributed by atoms with van der Waals surface area (Å²) < 4.78 is 52.2. The van der Waals surface area contributed by atoms with Gasteiger partial charge in [-0.15, -0.1) is 0 Å². The number of sulfonamides is 1. The molecule has 0 aromatic heterocycles. The average Bonchev–Trinajstić information content (AvgIpc) is 2.29. The maximum Gasteiger partial charge on any atom is 0.243 e. The molecule has 0 aliphatic heterocycles. The minimum Gasteiger partial charge on any atom is -0.330 e. The zero-order valence-corrected chi connectivity index (χ0v) is 10.8. The molecule has 0 radical (unpaired) electrons. The van der Waals surface area contributed by atoms with Crippen molar-refractivity contribution < 1.29 is 17.2 Å². The monoisotopic (exact) mass is 278 g/mol. The van der Waals surface area contributed by atoms with E-state index < -0.39 is 26.6 Å². The van der Waals surface area contributed by atoms with Crippen LogP contribution in [0.25, 0.3) is 0 Å². The zero-order valence-electron chi connectivity index (χ0n) is 9.99. The Morgan fingerprint density at radius 3 is 2.67 bits per heavy atom. The molecule has 1 atom stereocenters. The zero-order chi connectivity index (χ0) is 13.8. The molecule has 1 aromatic rings. The van der Waals surface area contributed by atoms with Gasteiger partial charge in [0.2, 0.25) is 10.0 Å². The van der Waals surface area contributed by atoms with Crippen LogP contribution in [-0.2, 0) is 10.0 Å². The fourth-order valence-electron chi connectivity index (χ4n) is 1.49. The van der Waals surface area contributed by atoms with E-state index in [1.165, 1.54) is 0 Å². The third-order valence-corrected chi connectivity index (χ3v) is 3.98. The fourth-order valence-corrected chi connectivity index (χ4v) is 2.86. The van der Waals surface area contributed by atoms with Crippen LogP contribution in [0.15, 0.2) is 23.1 Å². The summed E-state index contributed by atoms with van der Waals surface area (Å²) in [6, 6.07) is 1.93. The van der Waals surface area contributed by atoms with Gasteiger partial charge in [-0.25, -0.2) is 21.9 Å². The summed E-state index contributed by atoms with van der Waals surface area (Å²) in [5, 5.41) is 0. The van der Waals surface area contributed by atoms with E-state index in [2.05, 4.69) is 4.72 Å². The summed E-state index contributed by atoms with van der Waals surface area (Å²) in [4.78, 5) is -0.679. The van der Waals surface area contributed by atoms with Crippen LogP contribution < -0.4 is 10.5 Å². The topological polar surface area (TPSA) is 72.2 Å². The maximum atomic E-state index is 13.4. The van der Waals surface area contributed by atoms with E-state index in [1.807, 2.05) is 0 Å². The molecule has 1 aromatic carbocycles. The third-order valence-electron chi connectivity index (χ3n) is 2.38. The van der Waals surface area contributed by atoms with Crippen molar-refractivity contribution in [1.82, 2.24) is 4.72 Å². The number of rotatable bonds is 6. The fraction of sp³-hybridized carbons (Fsp3) is 0.455. The van der Waals surface area contributed by atoms with Crippen molar-refractivity contribution in [3.63, 3.8) is 0 Å². The minimum atomic E-state index is -4.05. The van der Waals surface area contributed by atoms with Gasteiger partial charge in [0.1, 0.15) is 16.5 Å². The summed E-state index contributed by atoms with van der Waals surface area (Å²) in [6.07, 6.45) is 1.18. The number of hydrogen-bond donors (Lipinski definition) is 2. The third kappa shape index (κ3) is 4.01. The minimum absolute atomic E-state index is 0.388. The van der Waals surface area contributed by atoms with Crippen molar-refractivity contribution in [2.75, 3.05) is 6.54 Å². The Bertz CT molecular complexity index is 506. The Kier molecular flexibility index (Phi) is 5.18. The van der Waals surface area contributed by atoms with Crippen LogP contribution in [0.5, 0.6) is 0 Å². The molecule has 7 heteroatoms. The molecule has 102 valence electrons. The molecule has 3 N–H and O–H groups in total. The lowest BCUT2D eigenvalue weighted by Gasteiger charge is -2.14. The smallest absolute Gasteiger partial charge is 0.243 e. The van der Waals surface area contributed by atoms with Gasteiger partial charge >= 0.3 is 0 Å². The van der Waals surface area contributed by atoms with E-state index in [-0.39, 0.29) is 6.04 Å². The van der Waals surface area contributed by atoms with E-state index in [4.69, 9.17) is 5.73 Å². The highest BCUT2D eigenvalue weighted by Crippen LogP contribution is 2.16. The van der Waals surface area contributed by atoms with Crippen molar-refractivity contribution in [2.45, 2.75) is 30.7 Å². The van der Waals surface area contributed by atoms with Crippen LogP contribution in [0.1, 0.15) is 19.8 Å². The summed E-state index contributed by atoms with van der Waals surface area (Å²) >= 11 is 0. The van der Waals surface area contributed by atoms with Gasteiger partial charge in [-0.05, 0) is 44.5 Å². The summed E-state index contributed by atoms with van der Waals surface area (Å²) in [5.41, 5.74) is 5.31. The Balaban J connectivity index is 2.89. The number of nitrogens with two attached hydrogens (primary N) is 1. The number of nitrogens with one attached hydrogen (secondary N) is 1. The van der Waals surface area contributed by atoms with Gasteiger partial charge in [-0.1, -0.05) is 0 Å². The van der Waals surface area contributed by atoms with E-state index >= 15 is 0 Å². The number of hydrogen-bond acceptors (Lipinski definition) is 3. The van der Waals surface area contributed by atoms with Gasteiger partial charge in [-0.3, -0.25) is 0 Å². The van der Waals surface area contributed by atoms with Gasteiger partial charge in [-0.2, -0.15) is 0 Å². The molecule has 4 nitrogen and oxygen atoms in total. The second kappa shape index (κ2) is 6.21. The van der Waals surface area contributed by atoms with Crippen LogP contribution in [0.4, 0.5) is 8.78 Å². The Labute approximate surface area is 105 Å². The van der Waals surface area contributed by atoms with E-state index in [0.29, 0.717) is 25.5 Å². The average molecular weight is 278 g/mol. The van der Waals surface area contributed by atoms with Crippen molar-refractivity contribution in [1.29, 1.82) is 0 Å². The molecule has 0 aliphatic carbocycles. The predicted octanol–water partition coefficient (Wildman–Crippen LogP) is 1.37. The van der Waals surface area contributed by atoms with Crippen LogP contribution in [0.2, 0.25) is 0 Å². The first-order chi connectivity index (χ1) is 8.36. The van der Waals surface area contributed by atoms with Crippen molar-refractivity contribution in [3.8, 4) is 0 Å². The molecular weight excluding hydrogens is 262 g/mol. The van der Waals surface area contributed by atoms with Gasteiger partial charge in [0.15, 0.2) is 0 Å². The molecule has 1 rings (SSSR count). The van der Waals surface area contributed by atoms with Crippen LogP contribution in [-0.4, -0.2) is 21.0 Å². The maximum absolute atomic E-state index is 13.4. The Morgan fingerprint density at radius 2 is 2.06 bits per heavy atom. The molecule has 0 spiro atoms. The van der Waals surface area contributed by atoms with E-state index in [1.54, 1.807) is 6.92 Å². The highest BCUT2D eigenvalue weighted by Gasteiger charge is 2.21. The first-order valence-electron chi connectivity index (χ1n) is 5.54.